The molecule has 1 aliphatic rings. The van der Waals surface area contributed by atoms with Crippen molar-refractivity contribution in [2.24, 2.45) is 5.73 Å². The molecule has 0 spiro atoms. The van der Waals surface area contributed by atoms with Crippen LogP contribution in [-0.4, -0.2) is 23.9 Å². The van der Waals surface area contributed by atoms with Gasteiger partial charge in [0.25, 0.3) is 5.91 Å². The summed E-state index contributed by atoms with van der Waals surface area (Å²) in [6.45, 7) is 4.12. The van der Waals surface area contributed by atoms with Crippen molar-refractivity contribution in [1.82, 2.24) is 5.32 Å². The first kappa shape index (κ1) is 12.6. The van der Waals surface area contributed by atoms with Gasteiger partial charge in [0.1, 0.15) is 5.54 Å². The summed E-state index contributed by atoms with van der Waals surface area (Å²) >= 11 is 0. The Morgan fingerprint density at radius 1 is 1.33 bits per heavy atom. The van der Waals surface area contributed by atoms with E-state index in [1.165, 1.54) is 0 Å². The van der Waals surface area contributed by atoms with Crippen molar-refractivity contribution < 1.29 is 9.59 Å². The molecule has 96 valence electrons. The lowest BCUT2D eigenvalue weighted by Crippen LogP contribution is -2.64. The van der Waals surface area contributed by atoms with Crippen LogP contribution in [0.3, 0.4) is 0 Å². The van der Waals surface area contributed by atoms with Gasteiger partial charge in [-0.15, -0.1) is 0 Å². The summed E-state index contributed by atoms with van der Waals surface area (Å²) in [5.74, 6) is -0.572. The Bertz CT molecular complexity index is 497. The monoisotopic (exact) mass is 247 g/mol. The minimum absolute atomic E-state index is 0.162. The van der Waals surface area contributed by atoms with Gasteiger partial charge in [-0.05, 0) is 25.5 Å². The second kappa shape index (κ2) is 4.42. The van der Waals surface area contributed by atoms with Crippen LogP contribution >= 0.6 is 0 Å². The van der Waals surface area contributed by atoms with Crippen LogP contribution in [0.4, 0.5) is 5.69 Å². The van der Waals surface area contributed by atoms with E-state index in [1.54, 1.807) is 18.7 Å². The van der Waals surface area contributed by atoms with Crippen molar-refractivity contribution in [2.45, 2.75) is 25.9 Å². The molecule has 5 nitrogen and oxygen atoms in total. The highest BCUT2D eigenvalue weighted by Gasteiger charge is 2.41. The third-order valence-electron chi connectivity index (χ3n) is 3.29. The van der Waals surface area contributed by atoms with Gasteiger partial charge >= 0.3 is 0 Å². The second-order valence-corrected chi connectivity index (χ2v) is 4.86. The Balaban J connectivity index is 2.47. The lowest BCUT2D eigenvalue weighted by atomic mass is 9.96. The smallest absolute Gasteiger partial charge is 0.251 e. The van der Waals surface area contributed by atoms with E-state index >= 15 is 0 Å². The molecule has 5 heteroatoms. The standard InChI is InChI=1S/C13H17N3O2/c1-13(2)12(18)15-11(17)8-16(13)10-6-4-3-5-9(10)7-14/h3-6H,7-8,14H2,1-2H3,(H,15,17,18). The number of rotatable bonds is 2. The van der Waals surface area contributed by atoms with Crippen molar-refractivity contribution >= 4 is 17.5 Å². The van der Waals surface area contributed by atoms with Crippen LogP contribution in [0.25, 0.3) is 0 Å². The highest BCUT2D eigenvalue weighted by atomic mass is 16.2. The number of piperazine rings is 1. The van der Waals surface area contributed by atoms with Crippen molar-refractivity contribution in [3.8, 4) is 0 Å². The number of carbonyl (C=O) groups excluding carboxylic acids is 2. The van der Waals surface area contributed by atoms with Gasteiger partial charge in [0.05, 0.1) is 6.54 Å². The lowest BCUT2D eigenvalue weighted by Gasteiger charge is -2.42. The fourth-order valence-corrected chi connectivity index (χ4v) is 2.12. The number of anilines is 1. The number of imide groups is 1. The highest BCUT2D eigenvalue weighted by Crippen LogP contribution is 2.29. The van der Waals surface area contributed by atoms with E-state index < -0.39 is 5.54 Å². The minimum atomic E-state index is -0.765. The van der Waals surface area contributed by atoms with E-state index in [-0.39, 0.29) is 18.4 Å². The summed E-state index contributed by atoms with van der Waals surface area (Å²) in [4.78, 5) is 25.2. The van der Waals surface area contributed by atoms with E-state index in [4.69, 9.17) is 5.73 Å². The molecule has 0 unspecified atom stereocenters. The van der Waals surface area contributed by atoms with Crippen LogP contribution in [0.5, 0.6) is 0 Å². The van der Waals surface area contributed by atoms with Crippen molar-refractivity contribution in [3.05, 3.63) is 29.8 Å². The van der Waals surface area contributed by atoms with Crippen LogP contribution in [0.1, 0.15) is 19.4 Å². The first-order valence-corrected chi connectivity index (χ1v) is 5.86. The zero-order valence-electron chi connectivity index (χ0n) is 10.6. The molecule has 0 saturated carbocycles. The van der Waals surface area contributed by atoms with Gasteiger partial charge in [0, 0.05) is 12.2 Å². The van der Waals surface area contributed by atoms with E-state index in [0.717, 1.165) is 11.3 Å². The third kappa shape index (κ3) is 1.97. The quantitative estimate of drug-likeness (QED) is 0.741. The largest absolute Gasteiger partial charge is 0.348 e. The molecule has 0 aliphatic carbocycles. The Labute approximate surface area is 106 Å². The topological polar surface area (TPSA) is 75.4 Å². The van der Waals surface area contributed by atoms with Gasteiger partial charge in [-0.25, -0.2) is 0 Å². The number of amides is 2. The van der Waals surface area contributed by atoms with Gasteiger partial charge in [-0.2, -0.15) is 0 Å². The van der Waals surface area contributed by atoms with Crippen LogP contribution < -0.4 is 16.0 Å². The number of nitrogens with zero attached hydrogens (tertiary/aromatic N) is 1. The molecule has 1 fully saturated rings. The van der Waals surface area contributed by atoms with Gasteiger partial charge < -0.3 is 10.6 Å². The molecule has 1 heterocycles. The van der Waals surface area contributed by atoms with Crippen molar-refractivity contribution in [3.63, 3.8) is 0 Å². The zero-order chi connectivity index (χ0) is 13.3. The number of benzene rings is 1. The fraction of sp³-hybridized carbons (Fsp3) is 0.385. The SMILES string of the molecule is CC1(C)C(=O)NC(=O)CN1c1ccccc1CN. The molecular weight excluding hydrogens is 230 g/mol. The van der Waals surface area contributed by atoms with E-state index in [2.05, 4.69) is 5.32 Å². The molecule has 2 amide bonds. The lowest BCUT2D eigenvalue weighted by molar-refractivity contribution is -0.135. The molecule has 2 rings (SSSR count). The molecule has 1 saturated heterocycles. The third-order valence-corrected chi connectivity index (χ3v) is 3.29. The molecule has 1 aromatic carbocycles. The van der Waals surface area contributed by atoms with Crippen LogP contribution in [0, 0.1) is 0 Å². The number of hydrogen-bond acceptors (Lipinski definition) is 4. The number of nitrogens with one attached hydrogen (secondary N) is 1. The minimum Gasteiger partial charge on any atom is -0.348 e. The van der Waals surface area contributed by atoms with E-state index in [0.29, 0.717) is 6.54 Å². The van der Waals surface area contributed by atoms with Gasteiger partial charge in [-0.3, -0.25) is 14.9 Å². The maximum Gasteiger partial charge on any atom is 0.251 e. The molecule has 3 N–H and O–H groups in total. The summed E-state index contributed by atoms with van der Waals surface area (Å²) in [5, 5.41) is 2.36. The zero-order valence-corrected chi connectivity index (χ0v) is 10.6. The second-order valence-electron chi connectivity index (χ2n) is 4.86. The van der Waals surface area contributed by atoms with Crippen molar-refractivity contribution in [2.75, 3.05) is 11.4 Å². The van der Waals surface area contributed by atoms with Gasteiger partial charge in [-0.1, -0.05) is 18.2 Å². The maximum atomic E-state index is 11.9. The van der Waals surface area contributed by atoms with Crippen LogP contribution in [0.15, 0.2) is 24.3 Å². The Kier molecular flexibility index (Phi) is 3.09. The normalized spacial score (nSPS) is 18.7. The van der Waals surface area contributed by atoms with E-state index in [1.807, 2.05) is 24.3 Å². The van der Waals surface area contributed by atoms with E-state index in [9.17, 15) is 9.59 Å². The number of nitrogens with two attached hydrogens (primary N) is 1. The Morgan fingerprint density at radius 2 is 2.00 bits per heavy atom. The fourth-order valence-electron chi connectivity index (χ4n) is 2.12. The molecule has 1 aliphatic heterocycles. The highest BCUT2D eigenvalue weighted by molar-refractivity contribution is 6.06. The molecule has 0 bridgehead atoms. The first-order chi connectivity index (χ1) is 8.46. The molecule has 0 radical (unpaired) electrons. The number of carbonyl (C=O) groups is 2. The maximum absolute atomic E-state index is 11.9. The molecule has 0 aromatic heterocycles. The first-order valence-electron chi connectivity index (χ1n) is 5.86. The summed E-state index contributed by atoms with van der Waals surface area (Å²) in [7, 11) is 0. The number of para-hydroxylation sites is 1. The average Bonchev–Trinajstić information content (AvgIpc) is 2.34. The van der Waals surface area contributed by atoms with Crippen LogP contribution in [0.2, 0.25) is 0 Å². The summed E-state index contributed by atoms with van der Waals surface area (Å²) < 4.78 is 0. The van der Waals surface area contributed by atoms with Gasteiger partial charge in [0.2, 0.25) is 5.91 Å². The molecule has 1 aromatic rings. The molecule has 18 heavy (non-hydrogen) atoms. The van der Waals surface area contributed by atoms with Crippen LogP contribution in [-0.2, 0) is 16.1 Å². The Morgan fingerprint density at radius 3 is 2.67 bits per heavy atom. The molecular formula is C13H17N3O2. The Hall–Kier alpha value is -1.88. The molecule has 0 atom stereocenters. The van der Waals surface area contributed by atoms with Crippen molar-refractivity contribution in [1.29, 1.82) is 0 Å². The van der Waals surface area contributed by atoms with Gasteiger partial charge in [0.15, 0.2) is 0 Å². The predicted octanol–water partition coefficient (Wildman–Crippen LogP) is 0.387. The number of hydrogen-bond donors (Lipinski definition) is 2. The summed E-state index contributed by atoms with van der Waals surface area (Å²) in [6, 6.07) is 7.56. The average molecular weight is 247 g/mol. The summed E-state index contributed by atoms with van der Waals surface area (Å²) in [5.41, 5.74) is 6.70. The summed E-state index contributed by atoms with van der Waals surface area (Å²) in [6.07, 6.45) is 0. The predicted molar refractivity (Wildman–Crippen MR) is 68.9 cm³/mol.